The van der Waals surface area contributed by atoms with E-state index in [4.69, 9.17) is 21.1 Å². The second kappa shape index (κ2) is 13.1. The van der Waals surface area contributed by atoms with Crippen LogP contribution in [0.25, 0.3) is 10.1 Å². The van der Waals surface area contributed by atoms with E-state index in [1.54, 1.807) is 17.3 Å². The highest BCUT2D eigenvalue weighted by Gasteiger charge is 2.33. The van der Waals surface area contributed by atoms with Crippen molar-refractivity contribution in [3.8, 4) is 5.75 Å². The number of ether oxygens (including phenoxy) is 2. The zero-order valence-corrected chi connectivity index (χ0v) is 24.6. The number of carbonyl (C=O) groups is 1. The fourth-order valence-corrected chi connectivity index (χ4v) is 8.15. The molecule has 0 aliphatic rings. The van der Waals surface area contributed by atoms with Gasteiger partial charge < -0.3 is 9.47 Å². The van der Waals surface area contributed by atoms with Gasteiger partial charge in [-0.25, -0.2) is 8.42 Å². The van der Waals surface area contributed by atoms with E-state index in [2.05, 4.69) is 0 Å². The summed E-state index contributed by atoms with van der Waals surface area (Å²) < 4.78 is 41.8. The number of fused-ring (bicyclic) bond motifs is 1. The van der Waals surface area contributed by atoms with Gasteiger partial charge in [0, 0.05) is 22.7 Å². The molecule has 3 aromatic rings. The van der Waals surface area contributed by atoms with Crippen LogP contribution < -0.4 is 4.74 Å². The van der Waals surface area contributed by atoms with Crippen molar-refractivity contribution in [1.82, 2.24) is 4.31 Å². The van der Waals surface area contributed by atoms with Crippen molar-refractivity contribution in [2.24, 2.45) is 0 Å². The predicted octanol–water partition coefficient (Wildman–Crippen LogP) is 6.93. The Morgan fingerprint density at radius 2 is 1.86 bits per heavy atom. The molecule has 0 radical (unpaired) electrons. The molecule has 202 valence electrons. The smallest absolute Gasteiger partial charge is 0.306 e. The third kappa shape index (κ3) is 7.05. The maximum atomic E-state index is 13.9. The zero-order chi connectivity index (χ0) is 27.2. The molecule has 6 nitrogen and oxygen atoms in total. The number of esters is 1. The molecule has 0 N–H and O–H groups in total. The number of hydrogen-bond donors (Lipinski definition) is 0. The van der Waals surface area contributed by atoms with E-state index in [1.165, 1.54) is 11.3 Å². The Morgan fingerprint density at radius 3 is 2.51 bits per heavy atom. The van der Waals surface area contributed by atoms with E-state index in [0.717, 1.165) is 26.8 Å². The van der Waals surface area contributed by atoms with Crippen LogP contribution in [0.15, 0.2) is 40.6 Å². The Labute approximate surface area is 229 Å². The van der Waals surface area contributed by atoms with Gasteiger partial charge in [0.2, 0.25) is 0 Å². The average Bonchev–Trinajstić information content (AvgIpc) is 3.19. The minimum Gasteiger partial charge on any atom is -0.492 e. The monoisotopic (exact) mass is 565 g/mol. The Kier molecular flexibility index (Phi) is 10.4. The number of thiophene rings is 1. The Hall–Kier alpha value is -2.13. The largest absolute Gasteiger partial charge is 0.492 e. The SMILES string of the molecule is CCCN(C(CC)COc1ccc(CCC(=O)OCC)c(C)c1)S(=O)(=O)c1sc2ccc(Cl)cc2c1C. The van der Waals surface area contributed by atoms with Crippen LogP contribution >= 0.6 is 22.9 Å². The van der Waals surface area contributed by atoms with E-state index >= 15 is 0 Å². The highest BCUT2D eigenvalue weighted by atomic mass is 35.5. The molecule has 0 bridgehead atoms. The first kappa shape index (κ1) is 29.4. The first-order valence-electron chi connectivity index (χ1n) is 12.7. The van der Waals surface area contributed by atoms with E-state index in [1.807, 2.05) is 58.0 Å². The second-order valence-corrected chi connectivity index (χ2v) is 12.6. The van der Waals surface area contributed by atoms with Gasteiger partial charge >= 0.3 is 5.97 Å². The average molecular weight is 566 g/mol. The summed E-state index contributed by atoms with van der Waals surface area (Å²) in [5.41, 5.74) is 2.81. The molecule has 0 aliphatic heterocycles. The van der Waals surface area contributed by atoms with Gasteiger partial charge in [-0.15, -0.1) is 11.3 Å². The standard InChI is InChI=1S/C28H36ClNO5S2/c1-6-15-30(37(32,33)28-20(5)25-17-22(29)11-13-26(25)36-28)23(7-2)18-35-24-12-9-21(19(4)16-24)10-14-27(31)34-8-3/h9,11-13,16-17,23H,6-8,10,14-15,18H2,1-5H3. The molecule has 37 heavy (non-hydrogen) atoms. The molecule has 0 fully saturated rings. The molecular formula is C28H36ClNO5S2. The van der Waals surface area contributed by atoms with Crippen molar-refractivity contribution in [1.29, 1.82) is 0 Å². The van der Waals surface area contributed by atoms with Crippen LogP contribution in [0.4, 0.5) is 0 Å². The van der Waals surface area contributed by atoms with Gasteiger partial charge in [0.05, 0.1) is 12.6 Å². The lowest BCUT2D eigenvalue weighted by Crippen LogP contribution is -2.43. The molecule has 3 rings (SSSR count). The number of rotatable bonds is 13. The molecule has 0 aliphatic carbocycles. The molecule has 0 amide bonds. The lowest BCUT2D eigenvalue weighted by atomic mass is 10.0. The molecule has 0 spiro atoms. The number of nitrogens with zero attached hydrogens (tertiary/aromatic N) is 1. The highest BCUT2D eigenvalue weighted by Crippen LogP contribution is 2.37. The summed E-state index contributed by atoms with van der Waals surface area (Å²) in [7, 11) is -3.73. The molecular weight excluding hydrogens is 530 g/mol. The van der Waals surface area contributed by atoms with Crippen LogP contribution in [-0.4, -0.2) is 44.5 Å². The Bertz CT molecular complexity index is 1340. The normalized spacial score (nSPS) is 12.7. The predicted molar refractivity (Wildman–Crippen MR) is 151 cm³/mol. The van der Waals surface area contributed by atoms with Crippen LogP contribution in [0.2, 0.25) is 5.02 Å². The van der Waals surface area contributed by atoms with Crippen LogP contribution in [0.5, 0.6) is 5.75 Å². The van der Waals surface area contributed by atoms with Crippen molar-refractivity contribution in [2.45, 2.75) is 70.6 Å². The van der Waals surface area contributed by atoms with Crippen molar-refractivity contribution >= 4 is 49.0 Å². The minimum atomic E-state index is -3.73. The molecule has 0 saturated heterocycles. The molecule has 2 aromatic carbocycles. The van der Waals surface area contributed by atoms with E-state index in [9.17, 15) is 13.2 Å². The first-order chi connectivity index (χ1) is 17.6. The van der Waals surface area contributed by atoms with Crippen LogP contribution in [0, 0.1) is 13.8 Å². The molecule has 1 atom stereocenters. The van der Waals surface area contributed by atoms with Gasteiger partial charge in [-0.1, -0.05) is 31.5 Å². The van der Waals surface area contributed by atoms with Gasteiger partial charge in [-0.2, -0.15) is 4.31 Å². The van der Waals surface area contributed by atoms with Crippen molar-refractivity contribution in [3.63, 3.8) is 0 Å². The van der Waals surface area contributed by atoms with Crippen LogP contribution in [0.3, 0.4) is 0 Å². The van der Waals surface area contributed by atoms with Gasteiger partial charge in [-0.3, -0.25) is 4.79 Å². The number of benzene rings is 2. The van der Waals surface area contributed by atoms with Crippen LogP contribution in [-0.2, 0) is 26.0 Å². The summed E-state index contributed by atoms with van der Waals surface area (Å²) in [6.07, 6.45) is 2.25. The summed E-state index contributed by atoms with van der Waals surface area (Å²) in [4.78, 5) is 11.7. The number of aryl methyl sites for hydroxylation is 3. The van der Waals surface area contributed by atoms with E-state index in [0.29, 0.717) is 53.8 Å². The third-order valence-corrected chi connectivity index (χ3v) is 10.4. The summed E-state index contributed by atoms with van der Waals surface area (Å²) >= 11 is 7.46. The molecule has 1 heterocycles. The number of halogens is 1. The molecule has 1 unspecified atom stereocenters. The Morgan fingerprint density at radius 1 is 1.11 bits per heavy atom. The van der Waals surface area contributed by atoms with Crippen molar-refractivity contribution in [3.05, 3.63) is 58.1 Å². The van der Waals surface area contributed by atoms with Gasteiger partial charge in [0.25, 0.3) is 10.0 Å². The van der Waals surface area contributed by atoms with Gasteiger partial charge in [0.15, 0.2) is 0 Å². The maximum Gasteiger partial charge on any atom is 0.306 e. The number of carbonyl (C=O) groups excluding carboxylic acids is 1. The minimum absolute atomic E-state index is 0.206. The van der Waals surface area contributed by atoms with Crippen molar-refractivity contribution in [2.75, 3.05) is 19.8 Å². The van der Waals surface area contributed by atoms with E-state index < -0.39 is 10.0 Å². The summed E-state index contributed by atoms with van der Waals surface area (Å²) in [6, 6.07) is 10.9. The van der Waals surface area contributed by atoms with Gasteiger partial charge in [0.1, 0.15) is 16.6 Å². The lowest BCUT2D eigenvalue weighted by Gasteiger charge is -2.30. The highest BCUT2D eigenvalue weighted by molar-refractivity contribution is 7.91. The molecule has 1 aromatic heterocycles. The van der Waals surface area contributed by atoms with Crippen molar-refractivity contribution < 1.29 is 22.7 Å². The second-order valence-electron chi connectivity index (χ2n) is 9.04. The quantitative estimate of drug-likeness (QED) is 0.210. The van der Waals surface area contributed by atoms with Crippen LogP contribution in [0.1, 0.15) is 56.7 Å². The van der Waals surface area contributed by atoms with E-state index in [-0.39, 0.29) is 18.6 Å². The third-order valence-electron chi connectivity index (χ3n) is 6.38. The summed E-state index contributed by atoms with van der Waals surface area (Å²) in [6.45, 7) is 10.6. The fraction of sp³-hybridized carbons (Fsp3) is 0.464. The molecule has 0 saturated carbocycles. The lowest BCUT2D eigenvalue weighted by molar-refractivity contribution is -0.143. The molecule has 9 heteroatoms. The zero-order valence-electron chi connectivity index (χ0n) is 22.2. The first-order valence-corrected chi connectivity index (χ1v) is 15.3. The number of sulfonamides is 1. The topological polar surface area (TPSA) is 72.9 Å². The Balaban J connectivity index is 1.78. The summed E-state index contributed by atoms with van der Waals surface area (Å²) in [5, 5.41) is 1.46. The fourth-order valence-electron chi connectivity index (χ4n) is 4.35. The maximum absolute atomic E-state index is 13.9. The number of hydrogen-bond acceptors (Lipinski definition) is 6. The summed E-state index contributed by atoms with van der Waals surface area (Å²) in [5.74, 6) is 0.472. The van der Waals surface area contributed by atoms with Gasteiger partial charge in [-0.05, 0) is 92.4 Å².